The average molecular weight is 208 g/mol. The van der Waals surface area contributed by atoms with Crippen molar-refractivity contribution in [2.45, 2.75) is 27.2 Å². The Morgan fingerprint density at radius 2 is 2.27 bits per heavy atom. The van der Waals surface area contributed by atoms with E-state index in [4.69, 9.17) is 4.74 Å². The SMILES string of the molecule is CCOC(=O)c1cncnc1CC(C)C. The van der Waals surface area contributed by atoms with Crippen LogP contribution in [0.1, 0.15) is 36.8 Å². The van der Waals surface area contributed by atoms with Crippen LogP contribution >= 0.6 is 0 Å². The summed E-state index contributed by atoms with van der Waals surface area (Å²) in [6.07, 6.45) is 3.74. The lowest BCUT2D eigenvalue weighted by molar-refractivity contribution is 0.0523. The summed E-state index contributed by atoms with van der Waals surface area (Å²) in [5.41, 5.74) is 1.24. The molecule has 0 aliphatic heterocycles. The molecule has 0 N–H and O–H groups in total. The fraction of sp³-hybridized carbons (Fsp3) is 0.545. The zero-order valence-corrected chi connectivity index (χ0v) is 9.36. The molecule has 1 rings (SSSR count). The van der Waals surface area contributed by atoms with Crippen LogP contribution in [0.3, 0.4) is 0 Å². The molecular weight excluding hydrogens is 192 g/mol. The summed E-state index contributed by atoms with van der Waals surface area (Å²) in [6.45, 7) is 6.31. The second kappa shape index (κ2) is 5.44. The maximum absolute atomic E-state index is 11.5. The predicted molar refractivity (Wildman–Crippen MR) is 56.5 cm³/mol. The van der Waals surface area contributed by atoms with Crippen molar-refractivity contribution in [2.75, 3.05) is 6.61 Å². The highest BCUT2D eigenvalue weighted by Crippen LogP contribution is 2.11. The minimum absolute atomic E-state index is 0.339. The Morgan fingerprint density at radius 3 is 2.87 bits per heavy atom. The van der Waals surface area contributed by atoms with Gasteiger partial charge in [0, 0.05) is 6.20 Å². The van der Waals surface area contributed by atoms with Crippen LogP contribution in [0.5, 0.6) is 0 Å². The highest BCUT2D eigenvalue weighted by Gasteiger charge is 2.14. The van der Waals surface area contributed by atoms with Gasteiger partial charge >= 0.3 is 5.97 Å². The molecule has 0 unspecified atom stereocenters. The predicted octanol–water partition coefficient (Wildman–Crippen LogP) is 1.85. The third-order valence-electron chi connectivity index (χ3n) is 1.89. The summed E-state index contributed by atoms with van der Waals surface area (Å²) < 4.78 is 4.93. The Bertz CT molecular complexity index is 337. The van der Waals surface area contributed by atoms with Gasteiger partial charge in [0.25, 0.3) is 0 Å². The summed E-state index contributed by atoms with van der Waals surface area (Å²) in [5.74, 6) is 0.113. The van der Waals surface area contributed by atoms with Crippen LogP contribution in [-0.2, 0) is 11.2 Å². The topological polar surface area (TPSA) is 52.1 Å². The van der Waals surface area contributed by atoms with Crippen LogP contribution < -0.4 is 0 Å². The lowest BCUT2D eigenvalue weighted by atomic mass is 10.0. The van der Waals surface area contributed by atoms with E-state index in [1.165, 1.54) is 12.5 Å². The molecule has 1 heterocycles. The van der Waals surface area contributed by atoms with Gasteiger partial charge in [0.15, 0.2) is 0 Å². The van der Waals surface area contributed by atoms with Crippen LogP contribution in [0, 0.1) is 5.92 Å². The van der Waals surface area contributed by atoms with Crippen molar-refractivity contribution < 1.29 is 9.53 Å². The van der Waals surface area contributed by atoms with Crippen LogP contribution in [0.15, 0.2) is 12.5 Å². The number of hydrogen-bond acceptors (Lipinski definition) is 4. The molecule has 0 aromatic carbocycles. The highest BCUT2D eigenvalue weighted by atomic mass is 16.5. The number of carbonyl (C=O) groups excluding carboxylic acids is 1. The molecule has 0 bridgehead atoms. The lowest BCUT2D eigenvalue weighted by Crippen LogP contribution is -2.11. The molecule has 82 valence electrons. The molecule has 0 amide bonds. The molecule has 0 spiro atoms. The zero-order valence-electron chi connectivity index (χ0n) is 9.36. The molecule has 0 atom stereocenters. The number of ether oxygens (including phenoxy) is 1. The first-order valence-corrected chi connectivity index (χ1v) is 5.11. The van der Waals surface area contributed by atoms with E-state index in [0.717, 1.165) is 12.1 Å². The number of hydrogen-bond donors (Lipinski definition) is 0. The summed E-state index contributed by atoms with van der Waals surface area (Å²) >= 11 is 0. The van der Waals surface area contributed by atoms with E-state index in [-0.39, 0.29) is 5.97 Å². The third kappa shape index (κ3) is 3.31. The second-order valence-corrected chi connectivity index (χ2v) is 3.70. The van der Waals surface area contributed by atoms with Gasteiger partial charge in [-0.15, -0.1) is 0 Å². The number of rotatable bonds is 4. The van der Waals surface area contributed by atoms with Gasteiger partial charge in [0.2, 0.25) is 0 Å². The number of nitrogens with zero attached hydrogens (tertiary/aromatic N) is 2. The van der Waals surface area contributed by atoms with Gasteiger partial charge in [-0.05, 0) is 19.3 Å². The second-order valence-electron chi connectivity index (χ2n) is 3.70. The normalized spacial score (nSPS) is 10.4. The van der Waals surface area contributed by atoms with Gasteiger partial charge in [-0.2, -0.15) is 0 Å². The molecule has 0 aliphatic carbocycles. The van der Waals surface area contributed by atoms with E-state index in [9.17, 15) is 4.79 Å². The van der Waals surface area contributed by atoms with Gasteiger partial charge in [-0.25, -0.2) is 14.8 Å². The first-order chi connectivity index (χ1) is 7.15. The van der Waals surface area contributed by atoms with Crippen molar-refractivity contribution in [2.24, 2.45) is 5.92 Å². The Balaban J connectivity index is 2.90. The van der Waals surface area contributed by atoms with Gasteiger partial charge in [0.1, 0.15) is 6.33 Å². The third-order valence-corrected chi connectivity index (χ3v) is 1.89. The number of carbonyl (C=O) groups is 1. The molecule has 0 radical (unpaired) electrons. The molecule has 0 fully saturated rings. The Hall–Kier alpha value is -1.45. The van der Waals surface area contributed by atoms with E-state index >= 15 is 0 Å². The first kappa shape index (κ1) is 11.6. The molecule has 0 saturated carbocycles. The van der Waals surface area contributed by atoms with Gasteiger partial charge < -0.3 is 4.74 Å². The average Bonchev–Trinajstić information content (AvgIpc) is 2.18. The van der Waals surface area contributed by atoms with E-state index in [1.54, 1.807) is 6.92 Å². The molecule has 15 heavy (non-hydrogen) atoms. The largest absolute Gasteiger partial charge is 0.462 e. The molecule has 1 aromatic rings. The quantitative estimate of drug-likeness (QED) is 0.708. The summed E-state index contributed by atoms with van der Waals surface area (Å²) in [6, 6.07) is 0. The minimum Gasteiger partial charge on any atom is -0.462 e. The molecule has 4 nitrogen and oxygen atoms in total. The van der Waals surface area contributed by atoms with Crippen molar-refractivity contribution in [1.29, 1.82) is 0 Å². The smallest absolute Gasteiger partial charge is 0.341 e. The van der Waals surface area contributed by atoms with Crippen molar-refractivity contribution in [3.8, 4) is 0 Å². The van der Waals surface area contributed by atoms with Crippen molar-refractivity contribution >= 4 is 5.97 Å². The van der Waals surface area contributed by atoms with Crippen LogP contribution in [-0.4, -0.2) is 22.5 Å². The van der Waals surface area contributed by atoms with E-state index in [0.29, 0.717) is 18.1 Å². The molecule has 4 heteroatoms. The summed E-state index contributed by atoms with van der Waals surface area (Å²) in [7, 11) is 0. The molecular formula is C11H16N2O2. The summed E-state index contributed by atoms with van der Waals surface area (Å²) in [4.78, 5) is 19.5. The Morgan fingerprint density at radius 1 is 1.53 bits per heavy atom. The van der Waals surface area contributed by atoms with Crippen LogP contribution in [0.25, 0.3) is 0 Å². The fourth-order valence-electron chi connectivity index (χ4n) is 1.28. The maximum atomic E-state index is 11.5. The van der Waals surface area contributed by atoms with Gasteiger partial charge in [-0.3, -0.25) is 0 Å². The van der Waals surface area contributed by atoms with Crippen LogP contribution in [0.4, 0.5) is 0 Å². The van der Waals surface area contributed by atoms with Gasteiger partial charge in [0.05, 0.1) is 17.9 Å². The van der Waals surface area contributed by atoms with E-state index in [2.05, 4.69) is 23.8 Å². The minimum atomic E-state index is -0.339. The molecule has 0 aliphatic rings. The summed E-state index contributed by atoms with van der Waals surface area (Å²) in [5, 5.41) is 0. The lowest BCUT2D eigenvalue weighted by Gasteiger charge is -2.08. The number of aromatic nitrogens is 2. The van der Waals surface area contributed by atoms with E-state index in [1.807, 2.05) is 0 Å². The fourth-order valence-corrected chi connectivity index (χ4v) is 1.28. The first-order valence-electron chi connectivity index (χ1n) is 5.11. The molecule has 1 aromatic heterocycles. The Kier molecular flexibility index (Phi) is 4.21. The highest BCUT2D eigenvalue weighted by molar-refractivity contribution is 5.90. The maximum Gasteiger partial charge on any atom is 0.341 e. The van der Waals surface area contributed by atoms with E-state index < -0.39 is 0 Å². The van der Waals surface area contributed by atoms with Crippen molar-refractivity contribution in [3.05, 3.63) is 23.8 Å². The monoisotopic (exact) mass is 208 g/mol. The van der Waals surface area contributed by atoms with Crippen molar-refractivity contribution in [3.63, 3.8) is 0 Å². The van der Waals surface area contributed by atoms with Crippen molar-refractivity contribution in [1.82, 2.24) is 9.97 Å². The van der Waals surface area contributed by atoms with Crippen LogP contribution in [0.2, 0.25) is 0 Å². The standard InChI is InChI=1S/C11H16N2O2/c1-4-15-11(14)9-6-12-7-13-10(9)5-8(2)3/h6-8H,4-5H2,1-3H3. The Labute approximate surface area is 89.7 Å². The molecule has 0 saturated heterocycles. The zero-order chi connectivity index (χ0) is 11.3. The van der Waals surface area contributed by atoms with Gasteiger partial charge in [-0.1, -0.05) is 13.8 Å². The number of esters is 1.